The van der Waals surface area contributed by atoms with Gasteiger partial charge in [-0.2, -0.15) is 4.31 Å². The summed E-state index contributed by atoms with van der Waals surface area (Å²) < 4.78 is 57.0. The Bertz CT molecular complexity index is 4320. The molecular weight excluding hydrogens is 1780 g/mol. The number of rotatable bonds is 73. The predicted octanol–water partition coefficient (Wildman–Crippen LogP) is 31.6. The van der Waals surface area contributed by atoms with Crippen LogP contribution in [-0.4, -0.2) is 128 Å². The normalized spacial score (nSPS) is 22.2. The number of hydrogen-bond acceptors (Lipinski definition) is 15. The van der Waals surface area contributed by atoms with Gasteiger partial charge in [0.15, 0.2) is 12.6 Å². The maximum absolute atomic E-state index is 13.1. The molecule has 2 fully saturated rings. The summed E-state index contributed by atoms with van der Waals surface area (Å²) in [4.78, 5) is 33.1. The summed E-state index contributed by atoms with van der Waals surface area (Å²) in [5, 5.41) is 64.1. The Balaban J connectivity index is 1.56. The molecule has 0 aromatic carbocycles. The molecular formula is C119H197NO17P2. The third-order valence-electron chi connectivity index (χ3n) is 26.5. The van der Waals surface area contributed by atoms with Crippen LogP contribution in [0.1, 0.15) is 422 Å². The molecule has 2 rings (SSSR count). The molecule has 13 atom stereocenters. The molecule has 790 valence electrons. The Morgan fingerprint density at radius 3 is 0.741 bits per heavy atom. The first-order valence-electron chi connectivity index (χ1n) is 52.9. The molecule has 2 aliphatic heterocycles. The lowest BCUT2D eigenvalue weighted by molar-refractivity contribution is -0.344. The van der Waals surface area contributed by atoms with Gasteiger partial charge in [-0.3, -0.25) is 13.8 Å². The van der Waals surface area contributed by atoms with Crippen molar-refractivity contribution in [3.63, 3.8) is 0 Å². The fourth-order valence-electron chi connectivity index (χ4n) is 16.8. The van der Waals surface area contributed by atoms with E-state index < -0.39 is 96.1 Å². The number of aliphatic hydroxyl groups excluding tert-OH is 6. The number of nitrogens with one attached hydrogen (secondary N) is 1. The van der Waals surface area contributed by atoms with Crippen molar-refractivity contribution in [2.75, 3.05) is 19.8 Å². The lowest BCUT2D eigenvalue weighted by Crippen LogP contribution is -2.67. The van der Waals surface area contributed by atoms with Crippen molar-refractivity contribution in [3.05, 3.63) is 233 Å². The number of hydrogen-bond donors (Lipinski definition) is 9. The minimum atomic E-state index is -5.59. The third-order valence-corrected chi connectivity index (χ3v) is 29.1. The molecule has 139 heavy (non-hydrogen) atoms. The molecule has 9 N–H and O–H groups in total. The Hall–Kier alpha value is -5.83. The van der Waals surface area contributed by atoms with Gasteiger partial charge in [0, 0.05) is 6.92 Å². The standard InChI is InChI=1S/C119H197NO17P2/c1-88(2)44-24-45-89(3)46-25-47-90(4)48-26-49-91(5)50-27-51-92(6)52-28-53-93(7)54-29-55-94(8)56-30-57-95(9)58-31-59-96(10)60-32-61-97(11)62-33-63-98(12)64-34-65-99(13)66-35-67-100(14)68-36-69-101(15)70-37-71-102(16)72-38-73-103(17)74-39-75-104(18)76-40-77-105(19)78-41-79-106(20)80-42-81-107(21)82-43-83-108(22)84-85-132-138(128,129)137-139(130,131)136-118-112(120-109(23)123)114(125)117(111(87-122)134-118)135-119-116(127)115(126)113(124)110(86-121)133-119/h44,46,48,50,52,54,56,58,60,62,64,66,68,70,72,74,76,78,80,82,108,110-119,121-122,124-127H,24-43,45,47,49,51,53,55,57,59,61,63,65,67,69,71,73,75,77,79,81,83-87H2,1-23H3,(H,120,123)(H,128,129)(H,130,131)/b89-46+,90-48+,91-50-,92-52-,93-54-,94-56-,95-58-,96-60-,97-62-,98-64-,99-66-,100-68-,101-70-,102-72-,103-74-,104-76-,105-78-,106-80-,107-82-/t108-,110+,111+,112+,113+,114+,115-,116+,117+,118+,119-/m0/s1. The molecule has 2 heterocycles. The zero-order valence-corrected chi connectivity index (χ0v) is 92.9. The Morgan fingerprint density at radius 1 is 0.295 bits per heavy atom. The van der Waals surface area contributed by atoms with Gasteiger partial charge in [0.2, 0.25) is 5.91 Å². The van der Waals surface area contributed by atoms with Crippen LogP contribution in [-0.2, 0) is 41.5 Å². The quantitative estimate of drug-likeness (QED) is 0.0202. The lowest BCUT2D eigenvalue weighted by atomic mass is 9.95. The molecule has 2 unspecified atom stereocenters. The van der Waals surface area contributed by atoms with Crippen LogP contribution in [0.2, 0.25) is 0 Å². The predicted molar refractivity (Wildman–Crippen MR) is 585 cm³/mol. The van der Waals surface area contributed by atoms with E-state index in [1.54, 1.807) is 0 Å². The summed E-state index contributed by atoms with van der Waals surface area (Å²) in [6, 6.07) is -1.76. The van der Waals surface area contributed by atoms with E-state index in [-0.39, 0.29) is 12.5 Å². The zero-order chi connectivity index (χ0) is 104. The van der Waals surface area contributed by atoms with Crippen LogP contribution in [0.5, 0.6) is 0 Å². The van der Waals surface area contributed by atoms with Crippen molar-refractivity contribution in [1.82, 2.24) is 5.32 Å². The second-order valence-corrected chi connectivity index (χ2v) is 44.1. The van der Waals surface area contributed by atoms with E-state index in [1.165, 1.54) is 131 Å². The topological polar surface area (TPSA) is 280 Å². The van der Waals surface area contributed by atoms with Crippen molar-refractivity contribution >= 4 is 21.6 Å². The van der Waals surface area contributed by atoms with E-state index in [4.69, 9.17) is 23.3 Å². The highest BCUT2D eigenvalue weighted by Gasteiger charge is 2.53. The molecule has 0 aromatic rings. The van der Waals surface area contributed by atoms with E-state index in [0.29, 0.717) is 6.42 Å². The fourth-order valence-corrected chi connectivity index (χ4v) is 19.0. The van der Waals surface area contributed by atoms with Gasteiger partial charge in [-0.15, -0.1) is 0 Å². The number of carbonyl (C=O) groups is 1. The monoisotopic (exact) mass is 1970 g/mol. The van der Waals surface area contributed by atoms with E-state index in [0.717, 1.165) is 244 Å². The second-order valence-electron chi connectivity index (χ2n) is 41.1. The number of allylic oxidation sites excluding steroid dienone is 40. The van der Waals surface area contributed by atoms with Crippen molar-refractivity contribution < 1.29 is 81.9 Å². The number of amides is 1. The van der Waals surface area contributed by atoms with E-state index >= 15 is 0 Å². The summed E-state index contributed by atoms with van der Waals surface area (Å²) in [7, 11) is -10.8. The number of phosphoric acid groups is 2. The molecule has 1 amide bonds. The van der Waals surface area contributed by atoms with Crippen LogP contribution in [0.15, 0.2) is 233 Å². The maximum atomic E-state index is 13.1. The molecule has 18 nitrogen and oxygen atoms in total. The molecule has 20 heteroatoms. The van der Waals surface area contributed by atoms with Gasteiger partial charge in [-0.1, -0.05) is 240 Å². The average Bonchev–Trinajstić information content (AvgIpc) is 0.774. The van der Waals surface area contributed by atoms with Crippen LogP contribution < -0.4 is 5.32 Å². The molecule has 0 radical (unpaired) electrons. The highest BCUT2D eigenvalue weighted by molar-refractivity contribution is 7.61. The summed E-state index contributed by atoms with van der Waals surface area (Å²) >= 11 is 0. The molecule has 0 bridgehead atoms. The fraction of sp³-hybridized carbons (Fsp3) is 0.655. The van der Waals surface area contributed by atoms with Gasteiger partial charge in [-0.05, 0) is 415 Å². The summed E-state index contributed by atoms with van der Waals surface area (Å²) in [5.41, 5.74) is 29.6. The van der Waals surface area contributed by atoms with Crippen molar-refractivity contribution in [1.29, 1.82) is 0 Å². The van der Waals surface area contributed by atoms with Gasteiger partial charge >= 0.3 is 15.6 Å². The number of aliphatic hydroxyl groups is 6. The van der Waals surface area contributed by atoms with Gasteiger partial charge in [0.05, 0.1) is 19.8 Å². The summed E-state index contributed by atoms with van der Waals surface area (Å²) in [6.07, 6.45) is 76.7. The highest BCUT2D eigenvalue weighted by atomic mass is 31.3. The van der Waals surface area contributed by atoms with Gasteiger partial charge in [0.25, 0.3) is 0 Å². The minimum absolute atomic E-state index is 0.0376. The Labute approximate surface area is 846 Å². The first-order chi connectivity index (χ1) is 65.9. The van der Waals surface area contributed by atoms with Gasteiger partial charge in [0.1, 0.15) is 48.8 Å². The van der Waals surface area contributed by atoms with Crippen LogP contribution in [0, 0.1) is 5.92 Å². The van der Waals surface area contributed by atoms with Gasteiger partial charge < -0.3 is 60.0 Å². The largest absolute Gasteiger partial charge is 0.483 e. The van der Waals surface area contributed by atoms with E-state index in [1.807, 2.05) is 6.92 Å². The smallest absolute Gasteiger partial charge is 0.394 e. The summed E-state index contributed by atoms with van der Waals surface area (Å²) in [6.45, 7) is 48.6. The number of carbonyl (C=O) groups excluding carboxylic acids is 1. The molecule has 2 aliphatic rings. The molecule has 0 aromatic heterocycles. The van der Waals surface area contributed by atoms with Crippen molar-refractivity contribution in [2.45, 2.75) is 484 Å². The maximum Gasteiger partial charge on any atom is 0.483 e. The first kappa shape index (κ1) is 129. The molecule has 2 saturated heterocycles. The van der Waals surface area contributed by atoms with Crippen LogP contribution in [0.4, 0.5) is 0 Å². The Morgan fingerprint density at radius 2 is 0.518 bits per heavy atom. The molecule has 0 spiro atoms. The van der Waals surface area contributed by atoms with E-state index in [2.05, 4.69) is 277 Å². The Kier molecular flexibility index (Phi) is 70.5. The zero-order valence-electron chi connectivity index (χ0n) is 91.2. The van der Waals surface area contributed by atoms with Gasteiger partial charge in [-0.25, -0.2) is 9.13 Å². The molecule has 0 saturated carbocycles. The van der Waals surface area contributed by atoms with Crippen LogP contribution in [0.25, 0.3) is 0 Å². The lowest BCUT2D eigenvalue weighted by Gasteiger charge is -2.47. The minimum Gasteiger partial charge on any atom is -0.394 e. The van der Waals surface area contributed by atoms with Crippen LogP contribution in [0.3, 0.4) is 0 Å². The molecule has 0 aliphatic carbocycles. The van der Waals surface area contributed by atoms with Crippen molar-refractivity contribution in [3.8, 4) is 0 Å². The first-order valence-corrected chi connectivity index (χ1v) is 55.9. The number of ether oxygens (including phenoxy) is 3. The average molecular weight is 1980 g/mol. The summed E-state index contributed by atoms with van der Waals surface area (Å²) in [5.74, 6) is -0.766. The van der Waals surface area contributed by atoms with Crippen molar-refractivity contribution in [2.24, 2.45) is 5.92 Å². The van der Waals surface area contributed by atoms with Crippen LogP contribution >= 0.6 is 15.6 Å². The SMILES string of the molecule is CC(=O)N[C@H]1[C@@H](OP(=O)(O)OP(=O)(O)OCC[C@@H](C)CC/C=C(/C)CC/C=C(/C)CC/C=C(/C)CC/C=C(/C)CC/C=C(/C)CC/C=C(/C)CC/C=C(/C)CC/C=C(/C)CC/C=C(/C)CC/C=C(/C)CC/C=C(/C)CC/C=C(/C)CC/C=C(/C)CC/C=C(/C)CC/C=C(/C)CC/C=C(/C)CC/C=C(/C)CC/C=C(\C)CC/C=C(\C)CCC=C(C)C)O[C@H](CO)[C@@H](O[C@@H]2O[C@H](CO)[C@@H](O)[C@H](O)[C@H]2O)[C@@H]1O. The number of phosphoric ester groups is 2. The van der Waals surface area contributed by atoms with E-state index in [9.17, 15) is 54.4 Å². The second kappa shape index (κ2) is 75.8. The third kappa shape index (κ3) is 66.0. The highest BCUT2D eigenvalue weighted by Crippen LogP contribution is 2.61.